The number of alkyl halides is 2. The molecule has 7 nitrogen and oxygen atoms in total. The number of benzene rings is 2. The Morgan fingerprint density at radius 3 is 2.31 bits per heavy atom. The van der Waals surface area contributed by atoms with Crippen LogP contribution in [0, 0.1) is 5.92 Å². The molecule has 184 valence electrons. The maximum Gasteiger partial charge on any atom is 0.407 e. The van der Waals surface area contributed by atoms with E-state index in [9.17, 15) is 28.3 Å². The summed E-state index contributed by atoms with van der Waals surface area (Å²) in [6.45, 7) is 0.169. The highest BCUT2D eigenvalue weighted by molar-refractivity contribution is 5.91. The minimum Gasteiger partial charge on any atom is -0.479 e. The fourth-order valence-electron chi connectivity index (χ4n) is 5.70. The molecule has 2 amide bonds. The van der Waals surface area contributed by atoms with Crippen LogP contribution in [0.25, 0.3) is 11.1 Å². The van der Waals surface area contributed by atoms with Crippen molar-refractivity contribution in [2.45, 2.75) is 49.6 Å². The lowest BCUT2D eigenvalue weighted by molar-refractivity contribution is -0.155. The Bertz CT molecular complexity index is 1130. The van der Waals surface area contributed by atoms with E-state index >= 15 is 0 Å². The Morgan fingerprint density at radius 2 is 1.71 bits per heavy atom. The predicted octanol–water partition coefficient (Wildman–Crippen LogP) is 4.01. The molecule has 0 spiro atoms. The molecule has 5 rings (SSSR count). The van der Waals surface area contributed by atoms with Gasteiger partial charge in [0, 0.05) is 12.5 Å². The molecule has 2 aromatic rings. The van der Waals surface area contributed by atoms with Crippen LogP contribution in [0.5, 0.6) is 0 Å². The lowest BCUT2D eigenvalue weighted by Gasteiger charge is -2.34. The van der Waals surface area contributed by atoms with Crippen molar-refractivity contribution in [2.24, 2.45) is 5.92 Å². The van der Waals surface area contributed by atoms with Gasteiger partial charge >= 0.3 is 12.1 Å². The van der Waals surface area contributed by atoms with Gasteiger partial charge in [-0.3, -0.25) is 4.79 Å². The first-order valence-corrected chi connectivity index (χ1v) is 11.8. The second-order valence-electron chi connectivity index (χ2n) is 9.43. The molecule has 2 N–H and O–H groups in total. The van der Waals surface area contributed by atoms with Gasteiger partial charge in [-0.1, -0.05) is 48.5 Å². The molecule has 0 radical (unpaired) electrons. The molecular weight excluding hydrogens is 458 g/mol. The molecule has 1 saturated carbocycles. The third-order valence-electron chi connectivity index (χ3n) is 7.51. The van der Waals surface area contributed by atoms with Crippen molar-refractivity contribution in [3.8, 4) is 11.1 Å². The fourth-order valence-corrected chi connectivity index (χ4v) is 5.70. The van der Waals surface area contributed by atoms with E-state index in [0.29, 0.717) is 19.3 Å². The monoisotopic (exact) mass is 484 g/mol. The number of rotatable bonds is 7. The molecule has 2 aromatic carbocycles. The summed E-state index contributed by atoms with van der Waals surface area (Å²) in [5.41, 5.74) is 2.78. The maximum atomic E-state index is 13.7. The number of carboxylic acid groups (broad SMARTS) is 1. The zero-order valence-corrected chi connectivity index (χ0v) is 19.0. The number of likely N-dealkylation sites (tertiary alicyclic amines) is 1. The van der Waals surface area contributed by atoms with E-state index in [1.54, 1.807) is 0 Å². The van der Waals surface area contributed by atoms with Crippen molar-refractivity contribution in [1.29, 1.82) is 0 Å². The summed E-state index contributed by atoms with van der Waals surface area (Å²) in [5, 5.41) is 11.8. The van der Waals surface area contributed by atoms with Crippen molar-refractivity contribution < 1.29 is 33.0 Å². The average molecular weight is 484 g/mol. The number of nitrogens with zero attached hydrogens (tertiary/aromatic N) is 1. The Balaban J connectivity index is 1.23. The summed E-state index contributed by atoms with van der Waals surface area (Å²) in [7, 11) is 0. The normalized spacial score (nSPS) is 23.2. The van der Waals surface area contributed by atoms with Crippen LogP contribution >= 0.6 is 0 Å². The van der Waals surface area contributed by atoms with Crippen molar-refractivity contribution >= 4 is 18.0 Å². The van der Waals surface area contributed by atoms with Gasteiger partial charge in [0.05, 0.1) is 6.42 Å². The number of aliphatic carboxylic acids is 1. The van der Waals surface area contributed by atoms with E-state index in [-0.39, 0.29) is 25.0 Å². The smallest absolute Gasteiger partial charge is 0.407 e. The first-order valence-electron chi connectivity index (χ1n) is 11.8. The van der Waals surface area contributed by atoms with Gasteiger partial charge in [-0.2, -0.15) is 0 Å². The van der Waals surface area contributed by atoms with Crippen LogP contribution in [0.1, 0.15) is 42.7 Å². The van der Waals surface area contributed by atoms with Gasteiger partial charge in [0.25, 0.3) is 6.43 Å². The summed E-state index contributed by atoms with van der Waals surface area (Å²) in [4.78, 5) is 38.3. The summed E-state index contributed by atoms with van der Waals surface area (Å²) in [6.07, 6.45) is -3.07. The average Bonchev–Trinajstić information content (AvgIpc) is 3.53. The fraction of sp³-hybridized carbons (Fsp3) is 0.423. The quantitative estimate of drug-likeness (QED) is 0.619. The van der Waals surface area contributed by atoms with Gasteiger partial charge in [-0.15, -0.1) is 0 Å². The molecule has 1 unspecified atom stereocenters. The highest BCUT2D eigenvalue weighted by Crippen LogP contribution is 2.54. The number of hydrogen-bond acceptors (Lipinski definition) is 4. The van der Waals surface area contributed by atoms with Crippen LogP contribution in [0.15, 0.2) is 48.5 Å². The SMILES string of the molecule is O=C(NC(CC(=O)N1CCC[C@@H]2C[C@@]21C(=O)O)C(F)F)OCC1c2ccccc2-c2ccccc21. The first-order chi connectivity index (χ1) is 16.8. The Hall–Kier alpha value is -3.49. The van der Waals surface area contributed by atoms with Gasteiger partial charge in [-0.05, 0) is 47.4 Å². The zero-order valence-electron chi connectivity index (χ0n) is 19.0. The summed E-state index contributed by atoms with van der Waals surface area (Å²) >= 11 is 0. The van der Waals surface area contributed by atoms with Crippen molar-refractivity contribution in [3.63, 3.8) is 0 Å². The van der Waals surface area contributed by atoms with Crippen LogP contribution in [-0.4, -0.2) is 59.1 Å². The third kappa shape index (κ3) is 4.02. The maximum absolute atomic E-state index is 13.7. The number of ether oxygens (including phenoxy) is 1. The Labute approximate surface area is 201 Å². The second kappa shape index (κ2) is 8.94. The van der Waals surface area contributed by atoms with E-state index < -0.39 is 42.4 Å². The number of carbonyl (C=O) groups is 3. The number of amides is 2. The minimum absolute atomic E-state index is 0.0420. The molecule has 2 aliphatic carbocycles. The molecule has 1 saturated heterocycles. The van der Waals surface area contributed by atoms with Gasteiger partial charge < -0.3 is 20.1 Å². The zero-order chi connectivity index (χ0) is 24.7. The summed E-state index contributed by atoms with van der Waals surface area (Å²) < 4.78 is 32.8. The lowest BCUT2D eigenvalue weighted by atomic mass is 9.98. The van der Waals surface area contributed by atoms with Crippen molar-refractivity contribution in [3.05, 3.63) is 59.7 Å². The van der Waals surface area contributed by atoms with Crippen LogP contribution in [0.3, 0.4) is 0 Å². The molecular formula is C26H26F2N2O5. The van der Waals surface area contributed by atoms with E-state index in [0.717, 1.165) is 22.3 Å². The predicted molar refractivity (Wildman–Crippen MR) is 122 cm³/mol. The molecule has 1 aliphatic heterocycles. The number of fused-ring (bicyclic) bond motifs is 4. The molecule has 3 atom stereocenters. The second-order valence-corrected chi connectivity index (χ2v) is 9.43. The van der Waals surface area contributed by atoms with Crippen molar-refractivity contribution in [2.75, 3.05) is 13.2 Å². The molecule has 35 heavy (non-hydrogen) atoms. The number of carboxylic acids is 1. The first kappa shape index (κ1) is 23.3. The number of carbonyl (C=O) groups excluding carboxylic acids is 2. The molecule has 3 aliphatic rings. The van der Waals surface area contributed by atoms with Crippen LogP contribution in [0.4, 0.5) is 13.6 Å². The summed E-state index contributed by atoms with van der Waals surface area (Å²) in [6, 6.07) is 13.7. The van der Waals surface area contributed by atoms with Gasteiger partial charge in [0.1, 0.15) is 18.2 Å². The van der Waals surface area contributed by atoms with E-state index in [1.165, 1.54) is 4.90 Å². The molecule has 0 bridgehead atoms. The topological polar surface area (TPSA) is 95.9 Å². The Kier molecular flexibility index (Phi) is 5.94. The van der Waals surface area contributed by atoms with Crippen LogP contribution < -0.4 is 5.32 Å². The number of halogens is 2. The number of alkyl carbamates (subject to hydrolysis) is 1. The van der Waals surface area contributed by atoms with Crippen LogP contribution in [0.2, 0.25) is 0 Å². The highest BCUT2D eigenvalue weighted by atomic mass is 19.3. The van der Waals surface area contributed by atoms with Gasteiger partial charge in [0.2, 0.25) is 5.91 Å². The largest absolute Gasteiger partial charge is 0.479 e. The molecule has 9 heteroatoms. The van der Waals surface area contributed by atoms with Gasteiger partial charge in [0.15, 0.2) is 0 Å². The summed E-state index contributed by atoms with van der Waals surface area (Å²) in [5.74, 6) is -2.17. The van der Waals surface area contributed by atoms with E-state index in [1.807, 2.05) is 48.5 Å². The number of nitrogens with one attached hydrogen (secondary N) is 1. The molecule has 1 heterocycles. The number of piperidine rings is 1. The minimum atomic E-state index is -3.01. The molecule has 0 aromatic heterocycles. The third-order valence-corrected chi connectivity index (χ3v) is 7.51. The van der Waals surface area contributed by atoms with Crippen LogP contribution in [-0.2, 0) is 14.3 Å². The van der Waals surface area contributed by atoms with E-state index in [4.69, 9.17) is 4.74 Å². The number of hydrogen-bond donors (Lipinski definition) is 2. The van der Waals surface area contributed by atoms with E-state index in [2.05, 4.69) is 5.32 Å². The highest BCUT2D eigenvalue weighted by Gasteiger charge is 2.66. The Morgan fingerprint density at radius 1 is 1.09 bits per heavy atom. The lowest BCUT2D eigenvalue weighted by Crippen LogP contribution is -2.53. The van der Waals surface area contributed by atoms with Crippen molar-refractivity contribution in [1.82, 2.24) is 10.2 Å². The standard InChI is InChI=1S/C26H26F2N2O5/c27-23(28)21(12-22(31)30-11-5-6-15-13-26(15,30)24(32)33)29-25(34)35-14-20-18-9-3-1-7-16(18)17-8-2-4-10-19(17)20/h1-4,7-10,15,20-21,23H,5-6,11-14H2,(H,29,34)(H,32,33)/t15-,21?,26+/m1/s1. The van der Waals surface area contributed by atoms with Gasteiger partial charge in [-0.25, -0.2) is 18.4 Å². The molecule has 2 fully saturated rings.